The van der Waals surface area contributed by atoms with E-state index in [-0.39, 0.29) is 23.8 Å². The molecule has 11 heteroatoms. The molecule has 10 nitrogen and oxygen atoms in total. The maximum Gasteiger partial charge on any atom is 0.267 e. The second kappa shape index (κ2) is 9.67. The molecule has 2 amide bonds. The summed E-state index contributed by atoms with van der Waals surface area (Å²) in [6.07, 6.45) is 5.33. The van der Waals surface area contributed by atoms with Gasteiger partial charge in [0, 0.05) is 19.5 Å². The van der Waals surface area contributed by atoms with Gasteiger partial charge in [-0.3, -0.25) is 14.7 Å². The molecule has 3 N–H and O–H groups in total. The van der Waals surface area contributed by atoms with Crippen molar-refractivity contribution in [2.24, 2.45) is 0 Å². The van der Waals surface area contributed by atoms with Gasteiger partial charge in [-0.05, 0) is 43.5 Å². The third-order valence-electron chi connectivity index (χ3n) is 6.50. The lowest BCUT2D eigenvalue weighted by Gasteiger charge is -2.27. The molecule has 0 saturated heterocycles. The Kier molecular flexibility index (Phi) is 6.42. The number of methoxy groups -OCH3 is 1. The first-order valence-corrected chi connectivity index (χ1v) is 12.4. The SMILES string of the molecule is COCC1(N(C)C(=O)Cc2cccc(Nc3ncc(C(=O)Nc4c(C)ccc5[nH]ncc45)s3)n2)CC1. The van der Waals surface area contributed by atoms with Crippen LogP contribution in [0.1, 0.15) is 33.8 Å². The quantitative estimate of drug-likeness (QED) is 0.315. The number of aromatic amines is 1. The third-order valence-corrected chi connectivity index (χ3v) is 7.41. The fourth-order valence-electron chi connectivity index (χ4n) is 4.19. The minimum Gasteiger partial charge on any atom is -0.382 e. The standard InChI is InChI=1S/C25H27N7O3S/c1-15-7-8-18-17(12-27-31-18)22(15)30-23(34)19-13-26-24(36-19)29-20-6-4-5-16(28-20)11-21(33)32(2)25(9-10-25)14-35-3/h4-8,12-13H,9-11,14H2,1-3H3,(H,27,31)(H,30,34)(H,26,28,29). The van der Waals surface area contributed by atoms with Gasteiger partial charge < -0.3 is 20.3 Å². The van der Waals surface area contributed by atoms with Gasteiger partial charge in [-0.15, -0.1) is 0 Å². The highest BCUT2D eigenvalue weighted by atomic mass is 32.1. The van der Waals surface area contributed by atoms with Crippen LogP contribution in [0.5, 0.6) is 0 Å². The zero-order valence-electron chi connectivity index (χ0n) is 20.3. The lowest BCUT2D eigenvalue weighted by molar-refractivity contribution is -0.133. The number of amides is 2. The first-order valence-electron chi connectivity index (χ1n) is 11.6. The molecule has 0 spiro atoms. The van der Waals surface area contributed by atoms with E-state index >= 15 is 0 Å². The van der Waals surface area contributed by atoms with Crippen molar-refractivity contribution in [3.8, 4) is 0 Å². The highest BCUT2D eigenvalue weighted by molar-refractivity contribution is 7.17. The van der Waals surface area contributed by atoms with Crippen molar-refractivity contribution in [3.63, 3.8) is 0 Å². The van der Waals surface area contributed by atoms with Crippen LogP contribution in [0.4, 0.5) is 16.6 Å². The molecule has 0 unspecified atom stereocenters. The van der Waals surface area contributed by atoms with E-state index < -0.39 is 0 Å². The number of thiazole rings is 1. The molecule has 5 rings (SSSR count). The number of aryl methyl sites for hydroxylation is 1. The van der Waals surface area contributed by atoms with Gasteiger partial charge in [-0.25, -0.2) is 9.97 Å². The van der Waals surface area contributed by atoms with E-state index in [9.17, 15) is 9.59 Å². The maximum absolute atomic E-state index is 12.9. The van der Waals surface area contributed by atoms with Gasteiger partial charge in [-0.2, -0.15) is 5.10 Å². The van der Waals surface area contributed by atoms with E-state index in [2.05, 4.69) is 30.8 Å². The van der Waals surface area contributed by atoms with Crippen LogP contribution in [0, 0.1) is 6.92 Å². The number of ether oxygens (including phenoxy) is 1. The fraction of sp³-hybridized carbons (Fsp3) is 0.320. The maximum atomic E-state index is 12.9. The monoisotopic (exact) mass is 505 g/mol. The number of carbonyl (C=O) groups is 2. The predicted octanol–water partition coefficient (Wildman–Crippen LogP) is 3.90. The van der Waals surface area contributed by atoms with Crippen molar-refractivity contribution in [1.82, 2.24) is 25.1 Å². The molecular formula is C25H27N7O3S. The molecule has 3 aromatic heterocycles. The number of hydrogen-bond acceptors (Lipinski definition) is 8. The molecule has 1 saturated carbocycles. The number of anilines is 3. The molecule has 36 heavy (non-hydrogen) atoms. The molecular weight excluding hydrogens is 478 g/mol. The van der Waals surface area contributed by atoms with Crippen molar-refractivity contribution in [2.45, 2.75) is 31.7 Å². The number of rotatable bonds is 9. The van der Waals surface area contributed by atoms with Gasteiger partial charge in [0.05, 0.1) is 47.9 Å². The number of pyridine rings is 1. The van der Waals surface area contributed by atoms with Crippen molar-refractivity contribution >= 4 is 50.7 Å². The number of nitrogens with one attached hydrogen (secondary N) is 3. The van der Waals surface area contributed by atoms with Gasteiger partial charge in [-0.1, -0.05) is 23.5 Å². The van der Waals surface area contributed by atoms with E-state index in [4.69, 9.17) is 4.74 Å². The largest absolute Gasteiger partial charge is 0.382 e. The Bertz CT molecular complexity index is 1430. The fourth-order valence-corrected chi connectivity index (χ4v) is 4.91. The summed E-state index contributed by atoms with van der Waals surface area (Å²) in [4.78, 5) is 36.9. The summed E-state index contributed by atoms with van der Waals surface area (Å²) in [5.74, 6) is 0.310. The van der Waals surface area contributed by atoms with Gasteiger partial charge >= 0.3 is 0 Å². The van der Waals surface area contributed by atoms with Crippen LogP contribution in [0.15, 0.2) is 42.7 Å². The lowest BCUT2D eigenvalue weighted by Crippen LogP contribution is -2.42. The summed E-state index contributed by atoms with van der Waals surface area (Å²) in [5.41, 5.74) is 2.99. The van der Waals surface area contributed by atoms with Crippen molar-refractivity contribution in [3.05, 3.63) is 58.9 Å². The zero-order valence-corrected chi connectivity index (χ0v) is 21.1. The third kappa shape index (κ3) is 4.79. The van der Waals surface area contributed by atoms with Gasteiger partial charge in [0.1, 0.15) is 10.7 Å². The molecule has 0 radical (unpaired) electrons. The van der Waals surface area contributed by atoms with Crippen molar-refractivity contribution in [2.75, 3.05) is 31.4 Å². The van der Waals surface area contributed by atoms with Crippen LogP contribution in [-0.4, -0.2) is 63.2 Å². The van der Waals surface area contributed by atoms with Crippen LogP contribution in [-0.2, 0) is 16.0 Å². The average Bonchev–Trinajstić information content (AvgIpc) is 3.26. The molecule has 0 atom stereocenters. The van der Waals surface area contributed by atoms with Crippen LogP contribution in [0.3, 0.4) is 0 Å². The van der Waals surface area contributed by atoms with E-state index in [1.165, 1.54) is 17.5 Å². The van der Waals surface area contributed by atoms with E-state index in [1.807, 2.05) is 38.2 Å². The van der Waals surface area contributed by atoms with Crippen molar-refractivity contribution in [1.29, 1.82) is 0 Å². The lowest BCUT2D eigenvalue weighted by atomic mass is 10.1. The number of fused-ring (bicyclic) bond motifs is 1. The second-order valence-electron chi connectivity index (χ2n) is 9.00. The Morgan fingerprint density at radius 1 is 1.22 bits per heavy atom. The number of likely N-dealkylation sites (N-methyl/N-ethyl adjacent to an activating group) is 1. The van der Waals surface area contributed by atoms with Crippen LogP contribution >= 0.6 is 11.3 Å². The average molecular weight is 506 g/mol. The highest BCUT2D eigenvalue weighted by Crippen LogP contribution is 2.41. The number of H-pyrrole nitrogens is 1. The summed E-state index contributed by atoms with van der Waals surface area (Å²) in [6.45, 7) is 2.48. The van der Waals surface area contributed by atoms with E-state index in [0.29, 0.717) is 28.1 Å². The number of benzene rings is 1. The summed E-state index contributed by atoms with van der Waals surface area (Å²) in [7, 11) is 3.48. The second-order valence-corrected chi connectivity index (χ2v) is 10.0. The Morgan fingerprint density at radius 2 is 2.06 bits per heavy atom. The minimum atomic E-state index is -0.252. The minimum absolute atomic E-state index is 0.00495. The number of aromatic nitrogens is 4. The summed E-state index contributed by atoms with van der Waals surface area (Å²) in [6, 6.07) is 9.33. The Hall–Kier alpha value is -3.83. The predicted molar refractivity (Wildman–Crippen MR) is 139 cm³/mol. The van der Waals surface area contributed by atoms with Crippen LogP contribution < -0.4 is 10.6 Å². The zero-order chi connectivity index (χ0) is 25.3. The van der Waals surface area contributed by atoms with Crippen molar-refractivity contribution < 1.29 is 14.3 Å². The first-order chi connectivity index (χ1) is 17.4. The molecule has 0 bridgehead atoms. The molecule has 1 aliphatic carbocycles. The van der Waals surface area contributed by atoms with E-state index in [1.54, 1.807) is 24.3 Å². The van der Waals surface area contributed by atoms with Gasteiger partial charge in [0.25, 0.3) is 5.91 Å². The number of hydrogen-bond donors (Lipinski definition) is 3. The first kappa shape index (κ1) is 23.9. The van der Waals surface area contributed by atoms with Gasteiger partial charge in [0.15, 0.2) is 5.13 Å². The molecule has 4 aromatic rings. The molecule has 1 aliphatic rings. The number of carbonyl (C=O) groups excluding carboxylic acids is 2. The highest BCUT2D eigenvalue weighted by Gasteiger charge is 2.48. The summed E-state index contributed by atoms with van der Waals surface area (Å²) < 4.78 is 5.29. The summed E-state index contributed by atoms with van der Waals surface area (Å²) >= 11 is 1.22. The molecule has 1 fully saturated rings. The molecule has 0 aliphatic heterocycles. The van der Waals surface area contributed by atoms with Crippen LogP contribution in [0.25, 0.3) is 10.9 Å². The molecule has 3 heterocycles. The van der Waals surface area contributed by atoms with Crippen LogP contribution in [0.2, 0.25) is 0 Å². The Labute approximate surface area is 212 Å². The Morgan fingerprint density at radius 3 is 2.83 bits per heavy atom. The normalized spacial score (nSPS) is 14.0. The number of nitrogens with zero attached hydrogens (tertiary/aromatic N) is 4. The van der Waals surface area contributed by atoms with E-state index in [0.717, 1.165) is 35.0 Å². The topological polar surface area (TPSA) is 125 Å². The van der Waals surface area contributed by atoms with Gasteiger partial charge in [0.2, 0.25) is 5.91 Å². The molecule has 186 valence electrons. The Balaban J connectivity index is 1.24. The smallest absolute Gasteiger partial charge is 0.267 e. The summed E-state index contributed by atoms with van der Waals surface area (Å²) in [5, 5.41) is 14.5. The molecule has 1 aromatic carbocycles.